The van der Waals surface area contributed by atoms with E-state index in [1.807, 2.05) is 12.3 Å². The number of pyridine rings is 1. The Morgan fingerprint density at radius 2 is 1.92 bits per heavy atom. The van der Waals surface area contributed by atoms with Crippen LogP contribution in [-0.4, -0.2) is 54.3 Å². The van der Waals surface area contributed by atoms with E-state index in [1.165, 1.54) is 38.5 Å². The standard InChI is InChI=1S/C19H28N4O2/c24-19(23(17-5-6-17)16-3-1-2-4-16)21-14-15-7-8-20-18(13-15)22-9-11-25-12-10-22/h7-8,13,16-17H,1-6,9-12,14H2,(H,21,24). The Kier molecular flexibility index (Phi) is 5.06. The predicted molar refractivity (Wildman–Crippen MR) is 96.6 cm³/mol. The summed E-state index contributed by atoms with van der Waals surface area (Å²) >= 11 is 0. The van der Waals surface area contributed by atoms with Crippen molar-refractivity contribution in [2.75, 3.05) is 31.2 Å². The van der Waals surface area contributed by atoms with Crippen LogP contribution in [0.15, 0.2) is 18.3 Å². The van der Waals surface area contributed by atoms with Gasteiger partial charge in [0.05, 0.1) is 13.2 Å². The van der Waals surface area contributed by atoms with E-state index in [2.05, 4.69) is 26.2 Å². The number of ether oxygens (including phenoxy) is 1. The zero-order valence-corrected chi connectivity index (χ0v) is 14.8. The molecule has 2 amide bonds. The molecule has 4 rings (SSSR count). The van der Waals surface area contributed by atoms with Crippen LogP contribution >= 0.6 is 0 Å². The molecule has 1 N–H and O–H groups in total. The van der Waals surface area contributed by atoms with Crippen molar-refractivity contribution in [2.24, 2.45) is 0 Å². The molecule has 6 heteroatoms. The molecule has 1 saturated heterocycles. The molecule has 1 aromatic heterocycles. The third-order valence-corrected chi connectivity index (χ3v) is 5.48. The number of hydrogen-bond acceptors (Lipinski definition) is 4. The molecule has 25 heavy (non-hydrogen) atoms. The molecule has 2 saturated carbocycles. The zero-order chi connectivity index (χ0) is 17.1. The first-order valence-corrected chi connectivity index (χ1v) is 9.65. The Balaban J connectivity index is 1.36. The van der Waals surface area contributed by atoms with E-state index >= 15 is 0 Å². The number of urea groups is 1. The van der Waals surface area contributed by atoms with Crippen LogP contribution in [0.3, 0.4) is 0 Å². The van der Waals surface area contributed by atoms with Crippen LogP contribution in [0.4, 0.5) is 10.6 Å². The molecule has 0 unspecified atom stereocenters. The van der Waals surface area contributed by atoms with E-state index in [-0.39, 0.29) is 6.03 Å². The predicted octanol–water partition coefficient (Wildman–Crippen LogP) is 2.53. The van der Waals surface area contributed by atoms with Crippen LogP contribution < -0.4 is 10.2 Å². The number of carbonyl (C=O) groups is 1. The lowest BCUT2D eigenvalue weighted by Gasteiger charge is -2.29. The van der Waals surface area contributed by atoms with E-state index in [1.54, 1.807) is 0 Å². The molecule has 1 aliphatic heterocycles. The fourth-order valence-corrected chi connectivity index (χ4v) is 3.97. The highest BCUT2D eigenvalue weighted by atomic mass is 16.5. The number of aromatic nitrogens is 1. The van der Waals surface area contributed by atoms with Crippen molar-refractivity contribution < 1.29 is 9.53 Å². The van der Waals surface area contributed by atoms with Gasteiger partial charge in [0.2, 0.25) is 0 Å². The van der Waals surface area contributed by atoms with Gasteiger partial charge >= 0.3 is 6.03 Å². The van der Waals surface area contributed by atoms with Crippen LogP contribution in [0.1, 0.15) is 44.1 Å². The molecule has 0 bridgehead atoms. The number of hydrogen-bond donors (Lipinski definition) is 1. The normalized spacial score (nSPS) is 21.4. The number of anilines is 1. The number of rotatable bonds is 5. The Hall–Kier alpha value is -1.82. The molecule has 0 radical (unpaired) electrons. The SMILES string of the molecule is O=C(NCc1ccnc(N2CCOCC2)c1)N(C1CCCC1)C1CC1. The average Bonchev–Trinajstić information content (AvgIpc) is 3.34. The molecule has 0 spiro atoms. The summed E-state index contributed by atoms with van der Waals surface area (Å²) in [6.45, 7) is 3.81. The maximum absolute atomic E-state index is 12.7. The minimum atomic E-state index is 0.110. The largest absolute Gasteiger partial charge is 0.378 e. The van der Waals surface area contributed by atoms with E-state index in [4.69, 9.17) is 4.74 Å². The monoisotopic (exact) mass is 344 g/mol. The van der Waals surface area contributed by atoms with Crippen molar-refractivity contribution in [3.63, 3.8) is 0 Å². The van der Waals surface area contributed by atoms with Gasteiger partial charge in [-0.3, -0.25) is 0 Å². The van der Waals surface area contributed by atoms with Gasteiger partial charge in [0.1, 0.15) is 5.82 Å². The summed E-state index contributed by atoms with van der Waals surface area (Å²) in [6.07, 6.45) is 9.02. The summed E-state index contributed by atoms with van der Waals surface area (Å²) in [7, 11) is 0. The minimum absolute atomic E-state index is 0.110. The fourth-order valence-electron chi connectivity index (χ4n) is 3.97. The van der Waals surface area contributed by atoms with Gasteiger partial charge in [-0.15, -0.1) is 0 Å². The molecular weight excluding hydrogens is 316 g/mol. The Morgan fingerprint density at radius 1 is 1.20 bits per heavy atom. The van der Waals surface area contributed by atoms with Gasteiger partial charge in [-0.2, -0.15) is 0 Å². The van der Waals surface area contributed by atoms with Crippen LogP contribution in [0.25, 0.3) is 0 Å². The molecule has 1 aromatic rings. The maximum Gasteiger partial charge on any atom is 0.318 e. The summed E-state index contributed by atoms with van der Waals surface area (Å²) < 4.78 is 5.40. The van der Waals surface area contributed by atoms with Crippen LogP contribution in [0.5, 0.6) is 0 Å². The molecule has 6 nitrogen and oxygen atoms in total. The number of nitrogens with one attached hydrogen (secondary N) is 1. The van der Waals surface area contributed by atoms with Gasteiger partial charge in [-0.05, 0) is 43.4 Å². The number of carbonyl (C=O) groups excluding carboxylic acids is 1. The van der Waals surface area contributed by atoms with Crippen molar-refractivity contribution in [1.29, 1.82) is 0 Å². The third-order valence-electron chi connectivity index (χ3n) is 5.48. The first-order chi connectivity index (χ1) is 12.3. The summed E-state index contributed by atoms with van der Waals surface area (Å²) in [4.78, 5) is 21.6. The maximum atomic E-state index is 12.7. The van der Waals surface area contributed by atoms with Crippen molar-refractivity contribution in [3.8, 4) is 0 Å². The van der Waals surface area contributed by atoms with Gasteiger partial charge in [-0.1, -0.05) is 12.8 Å². The molecule has 3 fully saturated rings. The quantitative estimate of drug-likeness (QED) is 0.892. The molecule has 2 heterocycles. The molecule has 0 atom stereocenters. The minimum Gasteiger partial charge on any atom is -0.378 e. The summed E-state index contributed by atoms with van der Waals surface area (Å²) in [5.74, 6) is 0.977. The number of nitrogens with zero attached hydrogens (tertiary/aromatic N) is 3. The van der Waals surface area contributed by atoms with Gasteiger partial charge in [-0.25, -0.2) is 9.78 Å². The summed E-state index contributed by atoms with van der Waals surface area (Å²) in [5, 5.41) is 3.14. The van der Waals surface area contributed by atoms with E-state index < -0.39 is 0 Å². The van der Waals surface area contributed by atoms with E-state index in [0.717, 1.165) is 37.7 Å². The van der Waals surface area contributed by atoms with Gasteiger partial charge < -0.3 is 19.9 Å². The highest BCUT2D eigenvalue weighted by Gasteiger charge is 2.38. The van der Waals surface area contributed by atoms with Crippen molar-refractivity contribution in [1.82, 2.24) is 15.2 Å². The molecule has 136 valence electrons. The smallest absolute Gasteiger partial charge is 0.318 e. The lowest BCUT2D eigenvalue weighted by Crippen LogP contribution is -2.46. The summed E-state index contributed by atoms with van der Waals surface area (Å²) in [5.41, 5.74) is 1.10. The first-order valence-electron chi connectivity index (χ1n) is 9.65. The van der Waals surface area contributed by atoms with Gasteiger partial charge in [0, 0.05) is 37.9 Å². The Labute approximate surface area is 149 Å². The molecule has 3 aliphatic rings. The van der Waals surface area contributed by atoms with Crippen molar-refractivity contribution >= 4 is 11.8 Å². The van der Waals surface area contributed by atoms with Gasteiger partial charge in [0.25, 0.3) is 0 Å². The van der Waals surface area contributed by atoms with Crippen LogP contribution in [0, 0.1) is 0 Å². The summed E-state index contributed by atoms with van der Waals surface area (Å²) in [6, 6.07) is 5.11. The third kappa shape index (κ3) is 4.06. The van der Waals surface area contributed by atoms with Gasteiger partial charge in [0.15, 0.2) is 0 Å². The lowest BCUT2D eigenvalue weighted by atomic mass is 10.2. The number of amides is 2. The van der Waals surface area contributed by atoms with E-state index in [0.29, 0.717) is 18.6 Å². The average molecular weight is 344 g/mol. The fraction of sp³-hybridized carbons (Fsp3) is 0.684. The Morgan fingerprint density at radius 3 is 2.64 bits per heavy atom. The second kappa shape index (κ2) is 7.60. The second-order valence-electron chi connectivity index (χ2n) is 7.36. The van der Waals surface area contributed by atoms with Crippen LogP contribution in [0.2, 0.25) is 0 Å². The molecule has 2 aliphatic carbocycles. The Bertz CT molecular complexity index is 593. The molecular formula is C19H28N4O2. The van der Waals surface area contributed by atoms with E-state index in [9.17, 15) is 4.79 Å². The number of morpholine rings is 1. The van der Waals surface area contributed by atoms with Crippen molar-refractivity contribution in [2.45, 2.75) is 57.2 Å². The topological polar surface area (TPSA) is 57.7 Å². The van der Waals surface area contributed by atoms with Crippen molar-refractivity contribution in [3.05, 3.63) is 23.9 Å². The molecule has 0 aromatic carbocycles. The second-order valence-corrected chi connectivity index (χ2v) is 7.36. The zero-order valence-electron chi connectivity index (χ0n) is 14.8. The first kappa shape index (κ1) is 16.6. The highest BCUT2D eigenvalue weighted by molar-refractivity contribution is 5.75. The lowest BCUT2D eigenvalue weighted by molar-refractivity contribution is 0.122. The highest BCUT2D eigenvalue weighted by Crippen LogP contribution is 2.34. The van der Waals surface area contributed by atoms with Crippen LogP contribution in [-0.2, 0) is 11.3 Å².